The Bertz CT molecular complexity index is 591. The average molecular weight is 278 g/mol. The Morgan fingerprint density at radius 2 is 1.52 bits per heavy atom. The number of hydrogen-bond donors (Lipinski definition) is 0. The Hall–Kier alpha value is -2.15. The van der Waals surface area contributed by atoms with Gasteiger partial charge in [0.05, 0.1) is 0 Å². The van der Waals surface area contributed by atoms with Crippen molar-refractivity contribution in [1.29, 1.82) is 0 Å². The van der Waals surface area contributed by atoms with Crippen LogP contribution in [0.2, 0.25) is 0 Å². The summed E-state index contributed by atoms with van der Waals surface area (Å²) in [6.07, 6.45) is 6.31. The van der Waals surface area contributed by atoms with Gasteiger partial charge in [0, 0.05) is 5.56 Å². The zero-order chi connectivity index (χ0) is 15.1. The number of carbonyl (C=O) groups excluding carboxylic acids is 1. The fourth-order valence-electron chi connectivity index (χ4n) is 2.39. The van der Waals surface area contributed by atoms with Gasteiger partial charge in [0.1, 0.15) is 0 Å². The van der Waals surface area contributed by atoms with Gasteiger partial charge in [0.15, 0.2) is 5.78 Å². The molecule has 0 aliphatic carbocycles. The number of aryl methyl sites for hydroxylation is 1. The number of rotatable bonds is 7. The molecule has 0 heterocycles. The quantitative estimate of drug-likeness (QED) is 0.373. The molecule has 0 radical (unpaired) electrons. The van der Waals surface area contributed by atoms with Crippen LogP contribution in [-0.4, -0.2) is 5.78 Å². The highest BCUT2D eigenvalue weighted by molar-refractivity contribution is 6.04. The lowest BCUT2D eigenvalue weighted by molar-refractivity contribution is 0.104. The van der Waals surface area contributed by atoms with Gasteiger partial charge in [-0.1, -0.05) is 74.9 Å². The van der Waals surface area contributed by atoms with E-state index in [1.807, 2.05) is 24.3 Å². The first kappa shape index (κ1) is 15.2. The molecule has 0 unspecified atom stereocenters. The van der Waals surface area contributed by atoms with Crippen LogP contribution in [0.1, 0.15) is 42.1 Å². The molecule has 21 heavy (non-hydrogen) atoms. The highest BCUT2D eigenvalue weighted by atomic mass is 16.1. The van der Waals surface area contributed by atoms with Crippen molar-refractivity contribution in [3.8, 4) is 11.1 Å². The van der Waals surface area contributed by atoms with E-state index in [9.17, 15) is 4.79 Å². The molecular weight excluding hydrogens is 256 g/mol. The molecule has 0 spiro atoms. The summed E-state index contributed by atoms with van der Waals surface area (Å²) >= 11 is 0. The normalized spacial score (nSPS) is 10.3. The molecule has 0 amide bonds. The predicted molar refractivity (Wildman–Crippen MR) is 89.6 cm³/mol. The molecule has 0 aliphatic rings. The van der Waals surface area contributed by atoms with Gasteiger partial charge in [0.2, 0.25) is 0 Å². The van der Waals surface area contributed by atoms with Crippen LogP contribution in [0.3, 0.4) is 0 Å². The molecule has 0 N–H and O–H groups in total. The van der Waals surface area contributed by atoms with Gasteiger partial charge in [-0.3, -0.25) is 4.79 Å². The summed E-state index contributed by atoms with van der Waals surface area (Å²) < 4.78 is 0. The van der Waals surface area contributed by atoms with E-state index in [4.69, 9.17) is 0 Å². The maximum absolute atomic E-state index is 11.5. The first-order valence-electron chi connectivity index (χ1n) is 7.60. The maximum atomic E-state index is 11.5. The van der Waals surface area contributed by atoms with Gasteiger partial charge in [-0.2, -0.15) is 0 Å². The summed E-state index contributed by atoms with van der Waals surface area (Å²) in [7, 11) is 0. The van der Waals surface area contributed by atoms with E-state index in [1.54, 1.807) is 0 Å². The lowest BCUT2D eigenvalue weighted by Gasteiger charge is -2.05. The van der Waals surface area contributed by atoms with Crippen molar-refractivity contribution in [3.63, 3.8) is 0 Å². The van der Waals surface area contributed by atoms with Crippen molar-refractivity contribution >= 4 is 5.78 Å². The van der Waals surface area contributed by atoms with Gasteiger partial charge in [-0.05, 0) is 35.6 Å². The molecule has 108 valence electrons. The minimum atomic E-state index is -0.0344. The Labute approximate surface area is 127 Å². The first-order valence-corrected chi connectivity index (χ1v) is 7.60. The van der Waals surface area contributed by atoms with Crippen LogP contribution in [0.25, 0.3) is 11.1 Å². The average Bonchev–Trinajstić information content (AvgIpc) is 2.55. The summed E-state index contributed by atoms with van der Waals surface area (Å²) in [6.45, 7) is 5.73. The number of ketones is 1. The molecule has 1 heteroatoms. The van der Waals surface area contributed by atoms with Crippen LogP contribution in [0, 0.1) is 0 Å². The van der Waals surface area contributed by atoms with Crippen LogP contribution >= 0.6 is 0 Å². The standard InChI is InChI=1S/C20H22O/c1-3-5-6-7-16-8-10-17(11-9-16)18-12-14-19(15-13-18)20(21)4-2/h4,8-15H,2-3,5-7H2,1H3. The molecule has 0 fully saturated rings. The Kier molecular flexibility index (Phi) is 5.51. The summed E-state index contributed by atoms with van der Waals surface area (Å²) in [6, 6.07) is 16.4. The Morgan fingerprint density at radius 1 is 0.952 bits per heavy atom. The molecule has 1 nitrogen and oxygen atoms in total. The van der Waals surface area contributed by atoms with E-state index in [2.05, 4.69) is 37.8 Å². The third kappa shape index (κ3) is 4.16. The maximum Gasteiger partial charge on any atom is 0.185 e. The fraction of sp³-hybridized carbons (Fsp3) is 0.250. The summed E-state index contributed by atoms with van der Waals surface area (Å²) in [5.74, 6) is -0.0344. The van der Waals surface area contributed by atoms with Crippen molar-refractivity contribution in [2.45, 2.75) is 32.6 Å². The smallest absolute Gasteiger partial charge is 0.185 e. The second-order valence-corrected chi connectivity index (χ2v) is 5.30. The lowest BCUT2D eigenvalue weighted by atomic mass is 10.00. The van der Waals surface area contributed by atoms with Crippen LogP contribution in [0.4, 0.5) is 0 Å². The summed E-state index contributed by atoms with van der Waals surface area (Å²) in [5, 5.41) is 0. The van der Waals surface area contributed by atoms with Crippen LogP contribution in [-0.2, 0) is 6.42 Å². The molecule has 0 bridgehead atoms. The van der Waals surface area contributed by atoms with Crippen molar-refractivity contribution in [1.82, 2.24) is 0 Å². The lowest BCUT2D eigenvalue weighted by Crippen LogP contribution is -1.92. The monoisotopic (exact) mass is 278 g/mol. The molecular formula is C20H22O. The number of unbranched alkanes of at least 4 members (excludes halogenated alkanes) is 2. The Balaban J connectivity index is 2.08. The molecule has 2 aromatic rings. The number of carbonyl (C=O) groups is 1. The zero-order valence-corrected chi connectivity index (χ0v) is 12.6. The van der Waals surface area contributed by atoms with Crippen molar-refractivity contribution < 1.29 is 4.79 Å². The zero-order valence-electron chi connectivity index (χ0n) is 12.6. The minimum Gasteiger partial charge on any atom is -0.289 e. The van der Waals surface area contributed by atoms with Gasteiger partial charge in [-0.15, -0.1) is 0 Å². The third-order valence-electron chi connectivity index (χ3n) is 3.71. The second-order valence-electron chi connectivity index (χ2n) is 5.30. The van der Waals surface area contributed by atoms with E-state index in [1.165, 1.54) is 36.5 Å². The van der Waals surface area contributed by atoms with Gasteiger partial charge in [0.25, 0.3) is 0 Å². The van der Waals surface area contributed by atoms with Gasteiger partial charge in [-0.25, -0.2) is 0 Å². The van der Waals surface area contributed by atoms with E-state index in [0.29, 0.717) is 5.56 Å². The molecule has 0 atom stereocenters. The van der Waals surface area contributed by atoms with E-state index >= 15 is 0 Å². The molecule has 2 rings (SSSR count). The van der Waals surface area contributed by atoms with Crippen LogP contribution in [0.5, 0.6) is 0 Å². The minimum absolute atomic E-state index is 0.0344. The summed E-state index contributed by atoms with van der Waals surface area (Å²) in [4.78, 5) is 11.5. The molecule has 0 saturated carbocycles. The summed E-state index contributed by atoms with van der Waals surface area (Å²) in [5.41, 5.74) is 4.40. The fourth-order valence-corrected chi connectivity index (χ4v) is 2.39. The molecule has 0 aromatic heterocycles. The number of hydrogen-bond acceptors (Lipinski definition) is 1. The van der Waals surface area contributed by atoms with Gasteiger partial charge >= 0.3 is 0 Å². The van der Waals surface area contributed by atoms with Crippen molar-refractivity contribution in [2.75, 3.05) is 0 Å². The van der Waals surface area contributed by atoms with Crippen LogP contribution in [0.15, 0.2) is 61.2 Å². The SMILES string of the molecule is C=CC(=O)c1ccc(-c2ccc(CCCCC)cc2)cc1. The third-order valence-corrected chi connectivity index (χ3v) is 3.71. The molecule has 2 aromatic carbocycles. The molecule has 0 aliphatic heterocycles. The number of allylic oxidation sites excluding steroid dienone is 1. The van der Waals surface area contributed by atoms with E-state index in [-0.39, 0.29) is 5.78 Å². The largest absolute Gasteiger partial charge is 0.289 e. The Morgan fingerprint density at radius 3 is 2.05 bits per heavy atom. The van der Waals surface area contributed by atoms with E-state index in [0.717, 1.165) is 12.0 Å². The van der Waals surface area contributed by atoms with Crippen LogP contribution < -0.4 is 0 Å². The van der Waals surface area contributed by atoms with E-state index < -0.39 is 0 Å². The van der Waals surface area contributed by atoms with Crippen molar-refractivity contribution in [2.24, 2.45) is 0 Å². The highest BCUT2D eigenvalue weighted by Gasteiger charge is 2.02. The highest BCUT2D eigenvalue weighted by Crippen LogP contribution is 2.21. The van der Waals surface area contributed by atoms with Gasteiger partial charge < -0.3 is 0 Å². The second kappa shape index (κ2) is 7.58. The first-order chi connectivity index (χ1) is 10.2. The number of benzene rings is 2. The predicted octanol–water partition coefficient (Wildman–Crippen LogP) is 5.46. The topological polar surface area (TPSA) is 17.1 Å². The van der Waals surface area contributed by atoms with Crippen molar-refractivity contribution in [3.05, 3.63) is 72.3 Å². The molecule has 0 saturated heterocycles.